The summed E-state index contributed by atoms with van der Waals surface area (Å²) in [5, 5.41) is 17.6. The Labute approximate surface area is 220 Å². The molecule has 0 aliphatic heterocycles. The molecule has 0 saturated heterocycles. The number of aromatic nitrogens is 3. The second-order valence-electron chi connectivity index (χ2n) is 7.68. The third kappa shape index (κ3) is 6.48. The lowest BCUT2D eigenvalue weighted by Crippen LogP contribution is -2.13. The Hall–Kier alpha value is -3.73. The molecule has 10 heteroatoms. The zero-order chi connectivity index (χ0) is 24.7. The predicted molar refractivity (Wildman–Crippen MR) is 148 cm³/mol. The van der Waals surface area contributed by atoms with Crippen molar-refractivity contribution in [3.8, 4) is 22.8 Å². The first-order chi connectivity index (χ1) is 17.6. The Morgan fingerprint density at radius 1 is 0.917 bits per heavy atom. The number of rotatable bonds is 9. The Morgan fingerprint density at radius 2 is 1.67 bits per heavy atom. The molecule has 0 spiro atoms. The molecule has 36 heavy (non-hydrogen) atoms. The summed E-state index contributed by atoms with van der Waals surface area (Å²) in [6, 6.07) is 25.4. The number of hydrogen-bond donors (Lipinski definition) is 2. The molecule has 0 radical (unpaired) electrons. The van der Waals surface area contributed by atoms with E-state index in [-0.39, 0.29) is 11.7 Å². The molecular weight excluding hydrogens is 511 g/mol. The SMILES string of the molecule is Cc1ccc(-c2csc(NC(=O)CSc3nnc(Nc4ccc(Oc5ccccc5)cc4)s3)n2)cc1. The summed E-state index contributed by atoms with van der Waals surface area (Å²) < 4.78 is 6.52. The molecule has 1 amide bonds. The van der Waals surface area contributed by atoms with E-state index in [1.54, 1.807) is 0 Å². The minimum atomic E-state index is -0.136. The molecule has 7 nitrogen and oxygen atoms in total. The Balaban J connectivity index is 1.10. The number of carbonyl (C=O) groups is 1. The maximum absolute atomic E-state index is 12.4. The fraction of sp³-hybridized carbons (Fsp3) is 0.0769. The molecule has 5 rings (SSSR count). The topological polar surface area (TPSA) is 89.0 Å². The molecule has 0 aliphatic carbocycles. The highest BCUT2D eigenvalue weighted by Gasteiger charge is 2.11. The smallest absolute Gasteiger partial charge is 0.236 e. The molecule has 3 aromatic carbocycles. The van der Waals surface area contributed by atoms with Crippen LogP contribution >= 0.6 is 34.4 Å². The lowest BCUT2D eigenvalue weighted by molar-refractivity contribution is -0.113. The van der Waals surface area contributed by atoms with Crippen LogP contribution in [0.3, 0.4) is 0 Å². The van der Waals surface area contributed by atoms with Crippen LogP contribution in [0.5, 0.6) is 11.5 Å². The van der Waals surface area contributed by atoms with Crippen molar-refractivity contribution in [1.82, 2.24) is 15.2 Å². The van der Waals surface area contributed by atoms with Crippen LogP contribution in [0.1, 0.15) is 5.56 Å². The van der Waals surface area contributed by atoms with Gasteiger partial charge in [0.2, 0.25) is 11.0 Å². The monoisotopic (exact) mass is 531 g/mol. The Morgan fingerprint density at radius 3 is 2.44 bits per heavy atom. The van der Waals surface area contributed by atoms with Gasteiger partial charge < -0.3 is 15.4 Å². The summed E-state index contributed by atoms with van der Waals surface area (Å²) in [6.07, 6.45) is 0. The number of aryl methyl sites for hydroxylation is 1. The number of para-hydroxylation sites is 1. The van der Waals surface area contributed by atoms with E-state index in [0.717, 1.165) is 28.4 Å². The molecule has 0 atom stereocenters. The molecule has 5 aromatic rings. The van der Waals surface area contributed by atoms with Crippen molar-refractivity contribution >= 4 is 56.3 Å². The van der Waals surface area contributed by atoms with E-state index in [1.165, 1.54) is 40.0 Å². The summed E-state index contributed by atoms with van der Waals surface area (Å²) in [6.45, 7) is 2.05. The van der Waals surface area contributed by atoms with Gasteiger partial charge >= 0.3 is 0 Å². The lowest BCUT2D eigenvalue weighted by Gasteiger charge is -2.06. The van der Waals surface area contributed by atoms with Crippen LogP contribution in [0.15, 0.2) is 88.6 Å². The second kappa shape index (κ2) is 11.3. The molecule has 180 valence electrons. The lowest BCUT2D eigenvalue weighted by atomic mass is 10.1. The number of benzene rings is 3. The summed E-state index contributed by atoms with van der Waals surface area (Å²) in [7, 11) is 0. The summed E-state index contributed by atoms with van der Waals surface area (Å²) >= 11 is 4.14. The van der Waals surface area contributed by atoms with Gasteiger partial charge in [0.1, 0.15) is 11.5 Å². The van der Waals surface area contributed by atoms with Crippen LogP contribution in [-0.2, 0) is 4.79 Å². The van der Waals surface area contributed by atoms with Gasteiger partial charge in [-0.05, 0) is 43.3 Å². The standard InChI is InChI=1S/C26H21N5O2S3/c1-17-7-9-18(10-8-17)22-15-34-24(28-22)29-23(32)16-35-26-31-30-25(36-26)27-19-11-13-21(14-12-19)33-20-5-3-2-4-6-20/h2-15H,16H2,1H3,(H,27,30)(H,28,29,32). The molecule has 0 aliphatic rings. The zero-order valence-corrected chi connectivity index (χ0v) is 21.6. The number of ether oxygens (including phenoxy) is 1. The van der Waals surface area contributed by atoms with E-state index in [2.05, 4.69) is 25.8 Å². The highest BCUT2D eigenvalue weighted by molar-refractivity contribution is 8.01. The van der Waals surface area contributed by atoms with Gasteiger partial charge in [-0.1, -0.05) is 71.1 Å². The van der Waals surface area contributed by atoms with Gasteiger partial charge in [-0.2, -0.15) is 0 Å². The van der Waals surface area contributed by atoms with Crippen molar-refractivity contribution < 1.29 is 9.53 Å². The molecule has 0 unspecified atom stereocenters. The predicted octanol–water partition coefficient (Wildman–Crippen LogP) is 7.24. The summed E-state index contributed by atoms with van der Waals surface area (Å²) in [5.74, 6) is 1.62. The van der Waals surface area contributed by atoms with Crippen molar-refractivity contribution in [3.05, 3.63) is 89.8 Å². The fourth-order valence-electron chi connectivity index (χ4n) is 3.14. The molecule has 2 N–H and O–H groups in total. The van der Waals surface area contributed by atoms with E-state index >= 15 is 0 Å². The first-order valence-corrected chi connectivity index (χ1v) is 13.7. The van der Waals surface area contributed by atoms with Gasteiger partial charge in [0, 0.05) is 16.6 Å². The molecule has 0 saturated carbocycles. The average Bonchev–Trinajstić information content (AvgIpc) is 3.55. The number of amides is 1. The van der Waals surface area contributed by atoms with E-state index in [1.807, 2.05) is 91.2 Å². The highest BCUT2D eigenvalue weighted by Crippen LogP contribution is 2.30. The van der Waals surface area contributed by atoms with Crippen LogP contribution in [0.4, 0.5) is 16.0 Å². The van der Waals surface area contributed by atoms with Gasteiger partial charge in [0.25, 0.3) is 0 Å². The molecule has 2 heterocycles. The summed E-state index contributed by atoms with van der Waals surface area (Å²) in [4.78, 5) is 16.9. The number of thiazole rings is 1. The maximum atomic E-state index is 12.4. The molecular formula is C26H21N5O2S3. The number of thioether (sulfide) groups is 1. The zero-order valence-electron chi connectivity index (χ0n) is 19.2. The van der Waals surface area contributed by atoms with Gasteiger partial charge in [-0.3, -0.25) is 4.79 Å². The van der Waals surface area contributed by atoms with E-state index in [0.29, 0.717) is 14.6 Å². The van der Waals surface area contributed by atoms with Crippen LogP contribution < -0.4 is 15.4 Å². The number of hydrogen-bond acceptors (Lipinski definition) is 9. The van der Waals surface area contributed by atoms with E-state index in [4.69, 9.17) is 4.74 Å². The van der Waals surface area contributed by atoms with Gasteiger partial charge in [0.15, 0.2) is 9.47 Å². The minimum Gasteiger partial charge on any atom is -0.457 e. The van der Waals surface area contributed by atoms with Crippen LogP contribution in [0.2, 0.25) is 0 Å². The first-order valence-electron chi connectivity index (χ1n) is 11.0. The van der Waals surface area contributed by atoms with Crippen LogP contribution in [-0.4, -0.2) is 26.8 Å². The van der Waals surface area contributed by atoms with Crippen LogP contribution in [0.25, 0.3) is 11.3 Å². The maximum Gasteiger partial charge on any atom is 0.236 e. The Kier molecular flexibility index (Phi) is 7.55. The average molecular weight is 532 g/mol. The Bertz CT molecular complexity index is 1430. The normalized spacial score (nSPS) is 10.7. The second-order valence-corrected chi connectivity index (χ2v) is 10.7. The highest BCUT2D eigenvalue weighted by atomic mass is 32.2. The van der Waals surface area contributed by atoms with Gasteiger partial charge in [-0.15, -0.1) is 21.5 Å². The van der Waals surface area contributed by atoms with E-state index < -0.39 is 0 Å². The fourth-order valence-corrected chi connectivity index (χ4v) is 5.45. The summed E-state index contributed by atoms with van der Waals surface area (Å²) in [5.41, 5.74) is 3.94. The number of nitrogens with one attached hydrogen (secondary N) is 2. The van der Waals surface area contributed by atoms with Crippen molar-refractivity contribution in [1.29, 1.82) is 0 Å². The molecule has 0 bridgehead atoms. The van der Waals surface area contributed by atoms with Gasteiger partial charge in [0.05, 0.1) is 11.4 Å². The third-order valence-electron chi connectivity index (χ3n) is 4.92. The minimum absolute atomic E-state index is 0.136. The number of nitrogens with zero attached hydrogens (tertiary/aromatic N) is 3. The van der Waals surface area contributed by atoms with Gasteiger partial charge in [-0.25, -0.2) is 4.98 Å². The van der Waals surface area contributed by atoms with E-state index in [9.17, 15) is 4.79 Å². The first kappa shape index (κ1) is 24.0. The third-order valence-corrected chi connectivity index (χ3v) is 7.65. The van der Waals surface area contributed by atoms with Crippen molar-refractivity contribution in [2.75, 3.05) is 16.4 Å². The van der Waals surface area contributed by atoms with Crippen molar-refractivity contribution in [2.24, 2.45) is 0 Å². The number of carbonyl (C=O) groups excluding carboxylic acids is 1. The largest absolute Gasteiger partial charge is 0.457 e. The van der Waals surface area contributed by atoms with Crippen molar-refractivity contribution in [3.63, 3.8) is 0 Å². The van der Waals surface area contributed by atoms with Crippen LogP contribution in [0, 0.1) is 6.92 Å². The van der Waals surface area contributed by atoms with Crippen molar-refractivity contribution in [2.45, 2.75) is 11.3 Å². The quantitative estimate of drug-likeness (QED) is 0.194. The molecule has 2 aromatic heterocycles. The molecule has 0 fully saturated rings. The number of anilines is 3.